The van der Waals surface area contributed by atoms with Crippen LogP contribution in [0.1, 0.15) is 29.6 Å². The molecule has 1 fully saturated rings. The molecule has 2 aliphatic rings. The number of hydrogen-bond acceptors (Lipinski definition) is 4. The van der Waals surface area contributed by atoms with Crippen LogP contribution in [0.4, 0.5) is 5.69 Å². The molecule has 3 rings (SSSR count). The summed E-state index contributed by atoms with van der Waals surface area (Å²) in [6.07, 6.45) is 0.999. The molecule has 1 aromatic rings. The van der Waals surface area contributed by atoms with Crippen molar-refractivity contribution in [3.8, 4) is 0 Å². The maximum absolute atomic E-state index is 12.4. The van der Waals surface area contributed by atoms with Gasteiger partial charge in [0.05, 0.1) is 5.56 Å². The Morgan fingerprint density at radius 1 is 1.30 bits per heavy atom. The van der Waals surface area contributed by atoms with Crippen LogP contribution in [0.25, 0.3) is 0 Å². The van der Waals surface area contributed by atoms with Crippen molar-refractivity contribution in [2.75, 3.05) is 18.4 Å². The average molecular weight is 338 g/mol. The molecule has 1 atom stereocenters. The van der Waals surface area contributed by atoms with E-state index in [1.54, 1.807) is 18.2 Å². The number of likely N-dealkylation sites (tertiary alicyclic amines) is 1. The normalized spacial score (nSPS) is 23.8. The van der Waals surface area contributed by atoms with Gasteiger partial charge < -0.3 is 20.6 Å². The first-order valence-electron chi connectivity index (χ1n) is 7.28. The minimum absolute atomic E-state index is 0.170. The second-order valence-corrected chi connectivity index (χ2v) is 6.25. The van der Waals surface area contributed by atoms with Gasteiger partial charge in [0.2, 0.25) is 5.91 Å². The summed E-state index contributed by atoms with van der Waals surface area (Å²) >= 11 is 5.92. The number of carboxylic acids is 1. The molecule has 0 saturated carbocycles. The number of carbonyl (C=O) groups is 3. The van der Waals surface area contributed by atoms with Gasteiger partial charge in [-0.2, -0.15) is 0 Å². The molecule has 1 spiro atoms. The minimum atomic E-state index is -1.05. The molecule has 2 amide bonds. The first-order valence-corrected chi connectivity index (χ1v) is 7.66. The fraction of sp³-hybridized carbons (Fsp3) is 0.400. The number of carbonyl (C=O) groups excluding carboxylic acids is 2. The van der Waals surface area contributed by atoms with Gasteiger partial charge in [-0.1, -0.05) is 11.6 Å². The van der Waals surface area contributed by atoms with E-state index in [1.165, 1.54) is 4.90 Å². The zero-order valence-electron chi connectivity index (χ0n) is 12.3. The Balaban J connectivity index is 1.83. The third-order valence-corrected chi connectivity index (χ3v) is 4.44. The van der Waals surface area contributed by atoms with Gasteiger partial charge in [0.15, 0.2) is 0 Å². The Morgan fingerprint density at radius 3 is 2.83 bits per heavy atom. The third kappa shape index (κ3) is 3.10. The summed E-state index contributed by atoms with van der Waals surface area (Å²) < 4.78 is 0. The second-order valence-electron chi connectivity index (χ2n) is 5.81. The highest BCUT2D eigenvalue weighted by atomic mass is 35.5. The summed E-state index contributed by atoms with van der Waals surface area (Å²) in [5, 5.41) is 15.6. The SMILES string of the molecule is O=C(O)CN1CCC2(CCC1=O)NC(=O)c1cc(Cl)ccc1N2. The van der Waals surface area contributed by atoms with E-state index in [4.69, 9.17) is 16.7 Å². The molecule has 0 radical (unpaired) electrons. The van der Waals surface area contributed by atoms with E-state index in [2.05, 4.69) is 10.6 Å². The summed E-state index contributed by atoms with van der Waals surface area (Å²) in [4.78, 5) is 36.6. The molecule has 1 saturated heterocycles. The molecule has 3 N–H and O–H groups in total. The maximum Gasteiger partial charge on any atom is 0.323 e. The van der Waals surface area contributed by atoms with Crippen LogP contribution in [0.3, 0.4) is 0 Å². The van der Waals surface area contributed by atoms with E-state index in [1.807, 2.05) is 0 Å². The summed E-state index contributed by atoms with van der Waals surface area (Å²) in [5.74, 6) is -1.52. The van der Waals surface area contributed by atoms with E-state index in [-0.39, 0.29) is 31.3 Å². The van der Waals surface area contributed by atoms with Crippen molar-refractivity contribution in [1.29, 1.82) is 0 Å². The average Bonchev–Trinajstić information content (AvgIpc) is 2.62. The van der Waals surface area contributed by atoms with Crippen molar-refractivity contribution in [3.63, 3.8) is 0 Å². The summed E-state index contributed by atoms with van der Waals surface area (Å²) in [7, 11) is 0. The minimum Gasteiger partial charge on any atom is -0.480 e. The van der Waals surface area contributed by atoms with E-state index in [9.17, 15) is 14.4 Å². The van der Waals surface area contributed by atoms with Crippen LogP contribution in [0.15, 0.2) is 18.2 Å². The molecular weight excluding hydrogens is 322 g/mol. The number of anilines is 1. The second kappa shape index (κ2) is 5.73. The lowest BCUT2D eigenvalue weighted by molar-refractivity contribution is -0.144. The molecule has 1 aromatic carbocycles. The van der Waals surface area contributed by atoms with Crippen molar-refractivity contribution in [2.45, 2.75) is 24.9 Å². The van der Waals surface area contributed by atoms with E-state index >= 15 is 0 Å². The predicted molar refractivity (Wildman–Crippen MR) is 83.3 cm³/mol. The highest BCUT2D eigenvalue weighted by Crippen LogP contribution is 2.32. The van der Waals surface area contributed by atoms with Gasteiger partial charge in [-0.15, -0.1) is 0 Å². The Bertz CT molecular complexity index is 693. The van der Waals surface area contributed by atoms with Gasteiger partial charge in [-0.25, -0.2) is 0 Å². The van der Waals surface area contributed by atoms with Gasteiger partial charge >= 0.3 is 5.97 Å². The summed E-state index contributed by atoms with van der Waals surface area (Å²) in [6, 6.07) is 5.02. The Morgan fingerprint density at radius 2 is 2.09 bits per heavy atom. The van der Waals surface area contributed by atoms with Crippen molar-refractivity contribution in [1.82, 2.24) is 10.2 Å². The predicted octanol–water partition coefficient (Wildman–Crippen LogP) is 1.29. The largest absolute Gasteiger partial charge is 0.480 e. The monoisotopic (exact) mass is 337 g/mol. The molecular formula is C15H16ClN3O4. The number of nitrogens with zero attached hydrogens (tertiary/aromatic N) is 1. The topological polar surface area (TPSA) is 98.7 Å². The standard InChI is InChI=1S/C15H16ClN3O4/c16-9-1-2-11-10(7-9)14(23)18-15(17-11)4-3-12(20)19(6-5-15)8-13(21)22/h1-2,7,17H,3-6,8H2,(H,18,23)(H,21,22). The van der Waals surface area contributed by atoms with Crippen LogP contribution in [-0.2, 0) is 9.59 Å². The quantitative estimate of drug-likeness (QED) is 0.755. The fourth-order valence-electron chi connectivity index (χ4n) is 3.02. The molecule has 7 nitrogen and oxygen atoms in total. The Kier molecular flexibility index (Phi) is 3.89. The fourth-order valence-corrected chi connectivity index (χ4v) is 3.19. The Labute approximate surface area is 137 Å². The number of nitrogens with one attached hydrogen (secondary N) is 2. The van der Waals surface area contributed by atoms with Crippen LogP contribution in [0.5, 0.6) is 0 Å². The number of hydrogen-bond donors (Lipinski definition) is 3. The third-order valence-electron chi connectivity index (χ3n) is 4.21. The highest BCUT2D eigenvalue weighted by Gasteiger charge is 2.40. The van der Waals surface area contributed by atoms with Crippen molar-refractivity contribution in [2.24, 2.45) is 0 Å². The molecule has 1 unspecified atom stereocenters. The lowest BCUT2D eigenvalue weighted by atomic mass is 9.95. The number of aliphatic carboxylic acids is 1. The van der Waals surface area contributed by atoms with E-state index < -0.39 is 11.6 Å². The van der Waals surface area contributed by atoms with Gasteiger partial charge in [0.25, 0.3) is 5.91 Å². The van der Waals surface area contributed by atoms with Crippen LogP contribution >= 0.6 is 11.6 Å². The van der Waals surface area contributed by atoms with Gasteiger partial charge in [0.1, 0.15) is 12.2 Å². The van der Waals surface area contributed by atoms with Gasteiger partial charge in [0, 0.05) is 30.1 Å². The summed E-state index contributed by atoms with van der Waals surface area (Å²) in [5.41, 5.74) is 0.374. The number of halogens is 1. The van der Waals surface area contributed by atoms with E-state index in [0.29, 0.717) is 29.1 Å². The molecule has 0 bridgehead atoms. The Hall–Kier alpha value is -2.28. The molecule has 8 heteroatoms. The molecule has 0 aliphatic carbocycles. The first kappa shape index (κ1) is 15.6. The molecule has 0 aromatic heterocycles. The zero-order valence-corrected chi connectivity index (χ0v) is 13.0. The lowest BCUT2D eigenvalue weighted by Crippen LogP contribution is -2.58. The molecule has 2 heterocycles. The molecule has 2 aliphatic heterocycles. The zero-order chi connectivity index (χ0) is 16.6. The van der Waals surface area contributed by atoms with Crippen LogP contribution in [0.2, 0.25) is 5.02 Å². The lowest BCUT2D eigenvalue weighted by Gasteiger charge is -2.40. The van der Waals surface area contributed by atoms with Crippen LogP contribution in [-0.4, -0.2) is 46.5 Å². The van der Waals surface area contributed by atoms with Crippen molar-refractivity contribution < 1.29 is 19.5 Å². The van der Waals surface area contributed by atoms with E-state index in [0.717, 1.165) is 0 Å². The number of carboxylic acid groups (broad SMARTS) is 1. The molecule has 23 heavy (non-hydrogen) atoms. The van der Waals surface area contributed by atoms with Crippen LogP contribution < -0.4 is 10.6 Å². The van der Waals surface area contributed by atoms with Gasteiger partial charge in [-0.3, -0.25) is 14.4 Å². The molecule has 122 valence electrons. The number of benzene rings is 1. The van der Waals surface area contributed by atoms with Gasteiger partial charge in [-0.05, 0) is 24.6 Å². The number of amides is 2. The van der Waals surface area contributed by atoms with Crippen molar-refractivity contribution in [3.05, 3.63) is 28.8 Å². The first-order chi connectivity index (χ1) is 10.9. The maximum atomic E-state index is 12.4. The summed E-state index contributed by atoms with van der Waals surface area (Å²) in [6.45, 7) is -0.0591. The van der Waals surface area contributed by atoms with Crippen molar-refractivity contribution >= 4 is 35.1 Å². The smallest absolute Gasteiger partial charge is 0.323 e. The highest BCUT2D eigenvalue weighted by molar-refractivity contribution is 6.31. The number of rotatable bonds is 2. The number of fused-ring (bicyclic) bond motifs is 1. The van der Waals surface area contributed by atoms with Crippen LogP contribution in [0, 0.1) is 0 Å².